The van der Waals surface area contributed by atoms with Crippen LogP contribution in [0.5, 0.6) is 0 Å². The van der Waals surface area contributed by atoms with E-state index < -0.39 is 11.5 Å². The highest BCUT2D eigenvalue weighted by Crippen LogP contribution is 2.29. The van der Waals surface area contributed by atoms with Crippen LogP contribution in [0.1, 0.15) is 32.6 Å². The Kier molecular flexibility index (Phi) is 3.16. The molecule has 1 saturated carbocycles. The lowest BCUT2D eigenvalue weighted by atomic mass is 9.80. The van der Waals surface area contributed by atoms with Gasteiger partial charge in [0.25, 0.3) is 0 Å². The minimum atomic E-state index is -0.912. The number of carboxylic acid groups (broad SMARTS) is 1. The van der Waals surface area contributed by atoms with E-state index in [9.17, 15) is 9.90 Å². The molecule has 0 amide bonds. The molecule has 0 spiro atoms. The van der Waals surface area contributed by atoms with Crippen LogP contribution in [-0.2, 0) is 4.79 Å². The normalized spacial score (nSPS) is 32.3. The van der Waals surface area contributed by atoms with Crippen molar-refractivity contribution in [1.29, 1.82) is 0 Å². The second kappa shape index (κ2) is 4.00. The van der Waals surface area contributed by atoms with Gasteiger partial charge >= 0.3 is 5.97 Å². The van der Waals surface area contributed by atoms with Crippen LogP contribution in [0.4, 0.5) is 0 Å². The number of allylic oxidation sites excluding steroid dienone is 1. The molecule has 1 aliphatic carbocycles. The molecule has 3 N–H and O–H groups in total. The van der Waals surface area contributed by atoms with Crippen molar-refractivity contribution >= 4 is 5.97 Å². The van der Waals surface area contributed by atoms with E-state index in [1.807, 2.05) is 0 Å². The first-order valence-corrected chi connectivity index (χ1v) is 4.81. The molecular weight excluding hydrogens is 182 g/mol. The van der Waals surface area contributed by atoms with Gasteiger partial charge in [-0.05, 0) is 32.6 Å². The maximum Gasteiger partial charge on any atom is 0.329 e. The second-order valence-corrected chi connectivity index (χ2v) is 4.02. The number of nitrogens with one attached hydrogen (secondary N) is 1. The summed E-state index contributed by atoms with van der Waals surface area (Å²) < 4.78 is 0. The number of hydrogen-bond acceptors (Lipinski definition) is 3. The van der Waals surface area contributed by atoms with E-state index in [0.29, 0.717) is 31.4 Å². The maximum absolute atomic E-state index is 11.1. The molecule has 0 aromatic heterocycles. The van der Waals surface area contributed by atoms with E-state index in [2.05, 4.69) is 11.9 Å². The van der Waals surface area contributed by atoms with E-state index in [1.54, 1.807) is 6.92 Å². The van der Waals surface area contributed by atoms with Crippen molar-refractivity contribution in [2.24, 2.45) is 0 Å². The lowest BCUT2D eigenvalue weighted by Gasteiger charge is -2.36. The first-order chi connectivity index (χ1) is 6.46. The predicted molar refractivity (Wildman–Crippen MR) is 52.8 cm³/mol. The zero-order valence-corrected chi connectivity index (χ0v) is 8.42. The van der Waals surface area contributed by atoms with Crippen LogP contribution in [0.15, 0.2) is 12.3 Å². The van der Waals surface area contributed by atoms with Crippen LogP contribution in [0.2, 0.25) is 0 Å². The van der Waals surface area contributed by atoms with Crippen molar-refractivity contribution in [3.63, 3.8) is 0 Å². The summed E-state index contributed by atoms with van der Waals surface area (Å²) in [4.78, 5) is 11.1. The Morgan fingerprint density at radius 3 is 2.36 bits per heavy atom. The van der Waals surface area contributed by atoms with Crippen molar-refractivity contribution in [1.82, 2.24) is 5.32 Å². The SMILES string of the molecule is C=C(C)N[C@]1(C(=O)O)CC[C@H](O)CC1. The highest BCUT2D eigenvalue weighted by Gasteiger charge is 2.41. The van der Waals surface area contributed by atoms with E-state index in [1.165, 1.54) is 0 Å². The quantitative estimate of drug-likeness (QED) is 0.630. The Labute approximate surface area is 83.6 Å². The Morgan fingerprint density at radius 1 is 1.50 bits per heavy atom. The summed E-state index contributed by atoms with van der Waals surface area (Å²) in [6.45, 7) is 5.40. The van der Waals surface area contributed by atoms with Gasteiger partial charge in [-0.2, -0.15) is 0 Å². The van der Waals surface area contributed by atoms with E-state index in [-0.39, 0.29) is 6.10 Å². The minimum absolute atomic E-state index is 0.352. The lowest BCUT2D eigenvalue weighted by molar-refractivity contribution is -0.146. The largest absolute Gasteiger partial charge is 0.480 e. The van der Waals surface area contributed by atoms with Crippen LogP contribution in [0.3, 0.4) is 0 Å². The number of carboxylic acids is 1. The van der Waals surface area contributed by atoms with Gasteiger partial charge < -0.3 is 15.5 Å². The summed E-state index contributed by atoms with van der Waals surface area (Å²) in [7, 11) is 0. The van der Waals surface area contributed by atoms with E-state index in [0.717, 1.165) is 0 Å². The monoisotopic (exact) mass is 199 g/mol. The third kappa shape index (κ3) is 2.26. The van der Waals surface area contributed by atoms with Crippen molar-refractivity contribution in [3.8, 4) is 0 Å². The second-order valence-electron chi connectivity index (χ2n) is 4.02. The van der Waals surface area contributed by atoms with Crippen LogP contribution in [-0.4, -0.2) is 27.8 Å². The van der Waals surface area contributed by atoms with Gasteiger partial charge in [0.1, 0.15) is 5.54 Å². The standard InChI is InChI=1S/C10H17NO3/c1-7(2)11-10(9(13)14)5-3-8(12)4-6-10/h8,11-12H,1,3-6H2,2H3,(H,13,14)/t8-,10+. The predicted octanol–water partition coefficient (Wildman–Crippen LogP) is 0.868. The zero-order valence-electron chi connectivity index (χ0n) is 8.42. The van der Waals surface area contributed by atoms with Crippen molar-refractivity contribution < 1.29 is 15.0 Å². The van der Waals surface area contributed by atoms with Crippen LogP contribution in [0, 0.1) is 0 Å². The number of rotatable bonds is 3. The summed E-state index contributed by atoms with van der Waals surface area (Å²) >= 11 is 0. The number of aliphatic carboxylic acids is 1. The van der Waals surface area contributed by atoms with E-state index in [4.69, 9.17) is 5.11 Å². The number of aliphatic hydroxyl groups excluding tert-OH is 1. The fraction of sp³-hybridized carbons (Fsp3) is 0.700. The molecule has 0 heterocycles. The summed E-state index contributed by atoms with van der Waals surface area (Å²) in [6, 6.07) is 0. The first-order valence-electron chi connectivity index (χ1n) is 4.81. The summed E-state index contributed by atoms with van der Waals surface area (Å²) in [5.74, 6) is -0.854. The third-order valence-electron chi connectivity index (χ3n) is 2.67. The molecular formula is C10H17NO3. The van der Waals surface area contributed by atoms with Gasteiger partial charge in [-0.3, -0.25) is 0 Å². The fourth-order valence-electron chi connectivity index (χ4n) is 1.90. The molecule has 4 nitrogen and oxygen atoms in total. The van der Waals surface area contributed by atoms with Crippen LogP contribution >= 0.6 is 0 Å². The highest BCUT2D eigenvalue weighted by molar-refractivity contribution is 5.79. The van der Waals surface area contributed by atoms with E-state index >= 15 is 0 Å². The smallest absolute Gasteiger partial charge is 0.329 e. The molecule has 14 heavy (non-hydrogen) atoms. The molecule has 1 fully saturated rings. The van der Waals surface area contributed by atoms with Gasteiger partial charge in [0, 0.05) is 5.70 Å². The molecule has 0 atom stereocenters. The van der Waals surface area contributed by atoms with Gasteiger partial charge in [-0.25, -0.2) is 4.79 Å². The van der Waals surface area contributed by atoms with Crippen LogP contribution in [0.25, 0.3) is 0 Å². The lowest BCUT2D eigenvalue weighted by Crippen LogP contribution is -2.53. The van der Waals surface area contributed by atoms with Gasteiger partial charge in [0.05, 0.1) is 6.10 Å². The van der Waals surface area contributed by atoms with Crippen molar-refractivity contribution in [2.75, 3.05) is 0 Å². The van der Waals surface area contributed by atoms with Gasteiger partial charge in [0.15, 0.2) is 0 Å². The molecule has 0 bridgehead atoms. The molecule has 4 heteroatoms. The van der Waals surface area contributed by atoms with Crippen molar-refractivity contribution in [3.05, 3.63) is 12.3 Å². The molecule has 0 aromatic rings. The number of carbonyl (C=O) groups is 1. The Bertz CT molecular complexity index is 242. The molecule has 0 unspecified atom stereocenters. The number of aliphatic hydroxyl groups is 1. The third-order valence-corrected chi connectivity index (χ3v) is 2.67. The van der Waals surface area contributed by atoms with Gasteiger partial charge in [-0.1, -0.05) is 6.58 Å². The molecule has 0 radical (unpaired) electrons. The maximum atomic E-state index is 11.1. The highest BCUT2D eigenvalue weighted by atomic mass is 16.4. The molecule has 0 aliphatic heterocycles. The topological polar surface area (TPSA) is 69.6 Å². The summed E-state index contributed by atoms with van der Waals surface area (Å²) in [5.41, 5.74) is -0.255. The average molecular weight is 199 g/mol. The average Bonchev–Trinajstić information content (AvgIpc) is 2.08. The molecule has 80 valence electrons. The fourth-order valence-corrected chi connectivity index (χ4v) is 1.90. The van der Waals surface area contributed by atoms with Gasteiger partial charge in [0.2, 0.25) is 0 Å². The Hall–Kier alpha value is -1.03. The Balaban J connectivity index is 2.73. The summed E-state index contributed by atoms with van der Waals surface area (Å²) in [6.07, 6.45) is 1.63. The van der Waals surface area contributed by atoms with Gasteiger partial charge in [-0.15, -0.1) is 0 Å². The molecule has 1 rings (SSSR count). The minimum Gasteiger partial charge on any atom is -0.480 e. The Morgan fingerprint density at radius 2 is 2.00 bits per heavy atom. The summed E-state index contributed by atoms with van der Waals surface area (Å²) in [5, 5.41) is 21.4. The molecule has 1 aliphatic rings. The molecule has 0 saturated heterocycles. The van der Waals surface area contributed by atoms with Crippen LogP contribution < -0.4 is 5.32 Å². The number of hydrogen-bond donors (Lipinski definition) is 3. The molecule has 0 aromatic carbocycles. The zero-order chi connectivity index (χ0) is 10.8. The first kappa shape index (κ1) is 11.0. The van der Waals surface area contributed by atoms with Crippen molar-refractivity contribution in [2.45, 2.75) is 44.2 Å².